The average molecular weight is 188 g/mol. The van der Waals surface area contributed by atoms with E-state index in [0.717, 1.165) is 16.7 Å². The fraction of sp³-hybridized carbons (Fsp3) is 0.273. The molecule has 3 nitrogen and oxygen atoms in total. The van der Waals surface area contributed by atoms with Crippen LogP contribution in [-0.4, -0.2) is 15.1 Å². The van der Waals surface area contributed by atoms with E-state index in [1.807, 2.05) is 26.0 Å². The summed E-state index contributed by atoms with van der Waals surface area (Å²) in [5, 5.41) is 9.68. The molecule has 0 radical (unpaired) electrons. The fourth-order valence-electron chi connectivity index (χ4n) is 1.43. The third kappa shape index (κ3) is 1.41. The highest BCUT2D eigenvalue weighted by Gasteiger charge is 2.09. The molecule has 0 spiro atoms. The van der Waals surface area contributed by atoms with Crippen molar-refractivity contribution in [3.8, 4) is 5.75 Å². The van der Waals surface area contributed by atoms with Crippen LogP contribution in [0.15, 0.2) is 24.4 Å². The summed E-state index contributed by atoms with van der Waals surface area (Å²) in [6, 6.07) is 5.40. The van der Waals surface area contributed by atoms with E-state index in [-0.39, 0.29) is 11.7 Å². The molecule has 2 rings (SSSR count). The van der Waals surface area contributed by atoms with Gasteiger partial charge in [0.25, 0.3) is 0 Å². The third-order valence-electron chi connectivity index (χ3n) is 2.14. The lowest BCUT2D eigenvalue weighted by molar-refractivity contribution is 0.461. The topological polar surface area (TPSA) is 46.0 Å². The molecule has 0 bridgehead atoms. The second-order valence-electron chi connectivity index (χ2n) is 3.59. The zero-order chi connectivity index (χ0) is 10.1. The minimum absolute atomic E-state index is 0.222. The molecule has 0 saturated carbocycles. The minimum atomic E-state index is 0.222. The first-order chi connectivity index (χ1) is 6.68. The molecule has 2 aromatic rings. The third-order valence-corrected chi connectivity index (χ3v) is 2.14. The Bertz CT molecular complexity index is 466. The number of hydrogen-bond acceptors (Lipinski definition) is 3. The SMILES string of the molecule is CC(C)c1nc2cccnc2cc1O. The van der Waals surface area contributed by atoms with Crippen molar-refractivity contribution in [2.75, 3.05) is 0 Å². The van der Waals surface area contributed by atoms with E-state index in [2.05, 4.69) is 9.97 Å². The van der Waals surface area contributed by atoms with Crippen molar-refractivity contribution in [1.29, 1.82) is 0 Å². The van der Waals surface area contributed by atoms with E-state index >= 15 is 0 Å². The molecule has 2 aromatic heterocycles. The lowest BCUT2D eigenvalue weighted by Gasteiger charge is -2.07. The molecule has 0 fully saturated rings. The summed E-state index contributed by atoms with van der Waals surface area (Å²) in [7, 11) is 0. The fourth-order valence-corrected chi connectivity index (χ4v) is 1.43. The van der Waals surface area contributed by atoms with E-state index in [9.17, 15) is 5.11 Å². The molecule has 0 aromatic carbocycles. The first-order valence-electron chi connectivity index (χ1n) is 4.63. The van der Waals surface area contributed by atoms with Gasteiger partial charge >= 0.3 is 0 Å². The Balaban J connectivity index is 2.71. The number of fused-ring (bicyclic) bond motifs is 1. The van der Waals surface area contributed by atoms with Crippen LogP contribution in [0.4, 0.5) is 0 Å². The summed E-state index contributed by atoms with van der Waals surface area (Å²) in [5.74, 6) is 0.450. The van der Waals surface area contributed by atoms with Crippen molar-refractivity contribution in [1.82, 2.24) is 9.97 Å². The maximum Gasteiger partial charge on any atom is 0.139 e. The molecule has 3 heteroatoms. The van der Waals surface area contributed by atoms with Crippen LogP contribution in [0.25, 0.3) is 11.0 Å². The van der Waals surface area contributed by atoms with Crippen LogP contribution in [-0.2, 0) is 0 Å². The van der Waals surface area contributed by atoms with Gasteiger partial charge in [-0.05, 0) is 18.1 Å². The van der Waals surface area contributed by atoms with Crippen molar-refractivity contribution in [3.05, 3.63) is 30.1 Å². The Kier molecular flexibility index (Phi) is 2.08. The van der Waals surface area contributed by atoms with Crippen LogP contribution in [0.1, 0.15) is 25.5 Å². The van der Waals surface area contributed by atoms with Gasteiger partial charge in [-0.25, -0.2) is 4.98 Å². The summed E-state index contributed by atoms with van der Waals surface area (Å²) in [6.45, 7) is 4.01. The first-order valence-corrected chi connectivity index (χ1v) is 4.63. The zero-order valence-corrected chi connectivity index (χ0v) is 8.23. The maximum absolute atomic E-state index is 9.68. The van der Waals surface area contributed by atoms with Crippen LogP contribution in [0.3, 0.4) is 0 Å². The van der Waals surface area contributed by atoms with Gasteiger partial charge in [-0.3, -0.25) is 4.98 Å². The highest BCUT2D eigenvalue weighted by Crippen LogP contribution is 2.25. The molecule has 0 atom stereocenters. The molecule has 0 unspecified atom stereocenters. The quantitative estimate of drug-likeness (QED) is 0.747. The van der Waals surface area contributed by atoms with Gasteiger partial charge in [0.05, 0.1) is 16.7 Å². The second-order valence-corrected chi connectivity index (χ2v) is 3.59. The average Bonchev–Trinajstić information content (AvgIpc) is 2.16. The molecule has 14 heavy (non-hydrogen) atoms. The standard InChI is InChI=1S/C11H12N2O/c1-7(2)11-10(14)6-9-8(13-11)4-3-5-12-9/h3-7,14H,1-2H3. The van der Waals surface area contributed by atoms with Gasteiger partial charge < -0.3 is 5.11 Å². The van der Waals surface area contributed by atoms with E-state index in [0.29, 0.717) is 0 Å². The van der Waals surface area contributed by atoms with Gasteiger partial charge in [0.1, 0.15) is 5.75 Å². The second kappa shape index (κ2) is 3.25. The lowest BCUT2D eigenvalue weighted by atomic mass is 10.1. The lowest BCUT2D eigenvalue weighted by Crippen LogP contribution is -1.94. The Morgan fingerprint density at radius 2 is 2.07 bits per heavy atom. The highest BCUT2D eigenvalue weighted by molar-refractivity contribution is 5.75. The molecule has 0 aliphatic rings. The molecule has 0 saturated heterocycles. The molecule has 0 amide bonds. The smallest absolute Gasteiger partial charge is 0.139 e. The summed E-state index contributed by atoms with van der Waals surface area (Å²) < 4.78 is 0. The van der Waals surface area contributed by atoms with Crippen LogP contribution in [0, 0.1) is 0 Å². The Hall–Kier alpha value is -1.64. The predicted molar refractivity (Wildman–Crippen MR) is 55.3 cm³/mol. The number of pyridine rings is 2. The molecule has 2 heterocycles. The van der Waals surface area contributed by atoms with Crippen molar-refractivity contribution in [2.45, 2.75) is 19.8 Å². The van der Waals surface area contributed by atoms with Crippen molar-refractivity contribution in [2.24, 2.45) is 0 Å². The van der Waals surface area contributed by atoms with E-state index < -0.39 is 0 Å². The molecule has 0 aliphatic carbocycles. The van der Waals surface area contributed by atoms with Crippen molar-refractivity contribution < 1.29 is 5.11 Å². The Labute approximate surface area is 82.4 Å². The van der Waals surface area contributed by atoms with E-state index in [4.69, 9.17) is 0 Å². The van der Waals surface area contributed by atoms with Crippen LogP contribution in [0.2, 0.25) is 0 Å². The number of rotatable bonds is 1. The van der Waals surface area contributed by atoms with Gasteiger partial charge in [0.15, 0.2) is 0 Å². The Morgan fingerprint density at radius 3 is 2.79 bits per heavy atom. The van der Waals surface area contributed by atoms with Crippen molar-refractivity contribution >= 4 is 11.0 Å². The molecule has 1 N–H and O–H groups in total. The normalized spacial score (nSPS) is 11.1. The largest absolute Gasteiger partial charge is 0.506 e. The van der Waals surface area contributed by atoms with Gasteiger partial charge in [-0.15, -0.1) is 0 Å². The van der Waals surface area contributed by atoms with Gasteiger partial charge in [0.2, 0.25) is 0 Å². The number of aromatic hydroxyl groups is 1. The Morgan fingerprint density at radius 1 is 1.29 bits per heavy atom. The molecule has 72 valence electrons. The first kappa shape index (κ1) is 8.94. The monoisotopic (exact) mass is 188 g/mol. The van der Waals surface area contributed by atoms with Crippen LogP contribution < -0.4 is 0 Å². The molecule has 0 aliphatic heterocycles. The number of nitrogens with zero attached hydrogens (tertiary/aromatic N) is 2. The summed E-state index contributed by atoms with van der Waals surface area (Å²) in [6.07, 6.45) is 1.69. The summed E-state index contributed by atoms with van der Waals surface area (Å²) >= 11 is 0. The van der Waals surface area contributed by atoms with Crippen LogP contribution >= 0.6 is 0 Å². The maximum atomic E-state index is 9.68. The summed E-state index contributed by atoms with van der Waals surface area (Å²) in [5.41, 5.74) is 2.29. The number of aromatic nitrogens is 2. The highest BCUT2D eigenvalue weighted by atomic mass is 16.3. The van der Waals surface area contributed by atoms with Gasteiger partial charge in [0, 0.05) is 12.3 Å². The minimum Gasteiger partial charge on any atom is -0.506 e. The molecular weight excluding hydrogens is 176 g/mol. The number of hydrogen-bond donors (Lipinski definition) is 1. The van der Waals surface area contributed by atoms with E-state index in [1.165, 1.54) is 0 Å². The predicted octanol–water partition coefficient (Wildman–Crippen LogP) is 2.46. The summed E-state index contributed by atoms with van der Waals surface area (Å²) in [4.78, 5) is 8.48. The zero-order valence-electron chi connectivity index (χ0n) is 8.23. The van der Waals surface area contributed by atoms with Crippen LogP contribution in [0.5, 0.6) is 5.75 Å². The van der Waals surface area contributed by atoms with E-state index in [1.54, 1.807) is 12.3 Å². The van der Waals surface area contributed by atoms with Crippen molar-refractivity contribution in [3.63, 3.8) is 0 Å². The van der Waals surface area contributed by atoms with Gasteiger partial charge in [-0.2, -0.15) is 0 Å². The van der Waals surface area contributed by atoms with Gasteiger partial charge in [-0.1, -0.05) is 13.8 Å². The molecular formula is C11H12N2O.